The minimum atomic E-state index is -3.92. The Morgan fingerprint density at radius 3 is 2.65 bits per heavy atom. The van der Waals surface area contributed by atoms with Gasteiger partial charge in [0, 0.05) is 10.9 Å². The topological polar surface area (TPSA) is 96.4 Å². The fraction of sp³-hybridized carbons (Fsp3) is 0.111. The van der Waals surface area contributed by atoms with E-state index in [1.165, 1.54) is 29.5 Å². The third-order valence-corrected chi connectivity index (χ3v) is 6.01. The molecular weight excluding hydrogens is 372 g/mol. The van der Waals surface area contributed by atoms with Gasteiger partial charge in [-0.3, -0.25) is 4.72 Å². The van der Waals surface area contributed by atoms with Gasteiger partial charge in [-0.25, -0.2) is 18.2 Å². The minimum Gasteiger partial charge on any atom is -0.478 e. The Morgan fingerprint density at radius 2 is 1.92 bits per heavy atom. The number of sulfonamides is 1. The number of hydrogen-bond donors (Lipinski definition) is 2. The van der Waals surface area contributed by atoms with Gasteiger partial charge in [0.1, 0.15) is 0 Å². The lowest BCUT2D eigenvalue weighted by Gasteiger charge is -2.06. The van der Waals surface area contributed by atoms with Crippen molar-refractivity contribution in [2.24, 2.45) is 0 Å². The summed E-state index contributed by atoms with van der Waals surface area (Å²) < 4.78 is 27.4. The number of aryl methyl sites for hydroxylation is 2. The summed E-state index contributed by atoms with van der Waals surface area (Å²) in [6.45, 7) is 3.95. The molecule has 0 aliphatic carbocycles. The Labute approximate surface area is 155 Å². The second kappa shape index (κ2) is 6.89. The molecule has 1 aromatic heterocycles. The molecule has 0 fully saturated rings. The lowest BCUT2D eigenvalue weighted by Crippen LogP contribution is -2.13. The van der Waals surface area contributed by atoms with Crippen LogP contribution in [0, 0.1) is 13.8 Å². The highest BCUT2D eigenvalue weighted by Crippen LogP contribution is 2.29. The van der Waals surface area contributed by atoms with Gasteiger partial charge in [0.05, 0.1) is 16.2 Å². The van der Waals surface area contributed by atoms with Crippen molar-refractivity contribution in [3.8, 4) is 11.3 Å². The van der Waals surface area contributed by atoms with E-state index in [0.717, 1.165) is 22.8 Å². The molecule has 0 bridgehead atoms. The van der Waals surface area contributed by atoms with Gasteiger partial charge < -0.3 is 5.11 Å². The van der Waals surface area contributed by atoms with E-state index in [0.29, 0.717) is 5.69 Å². The van der Waals surface area contributed by atoms with Gasteiger partial charge in [0.2, 0.25) is 0 Å². The zero-order valence-corrected chi connectivity index (χ0v) is 15.7. The SMILES string of the molecule is Cc1ccc(C)c(-c2csc(NS(=O)(=O)c3cccc(C(=O)O)c3)n2)c1. The Kier molecular flexibility index (Phi) is 4.80. The van der Waals surface area contributed by atoms with E-state index in [4.69, 9.17) is 5.11 Å². The van der Waals surface area contributed by atoms with E-state index >= 15 is 0 Å². The molecule has 0 saturated heterocycles. The van der Waals surface area contributed by atoms with Gasteiger partial charge in [0.15, 0.2) is 5.13 Å². The number of anilines is 1. The van der Waals surface area contributed by atoms with Gasteiger partial charge in [-0.1, -0.05) is 23.8 Å². The first-order valence-corrected chi connectivity index (χ1v) is 10.0. The van der Waals surface area contributed by atoms with Crippen molar-refractivity contribution in [3.05, 3.63) is 64.5 Å². The summed E-state index contributed by atoms with van der Waals surface area (Å²) in [6.07, 6.45) is 0. The Hall–Kier alpha value is -2.71. The van der Waals surface area contributed by atoms with Crippen LogP contribution in [0.15, 0.2) is 52.7 Å². The number of carboxylic acids is 1. The highest BCUT2D eigenvalue weighted by molar-refractivity contribution is 7.93. The second-order valence-corrected chi connectivity index (χ2v) is 8.34. The number of nitrogens with zero attached hydrogens (tertiary/aromatic N) is 1. The largest absolute Gasteiger partial charge is 0.478 e. The fourth-order valence-electron chi connectivity index (χ4n) is 2.43. The van der Waals surface area contributed by atoms with Crippen LogP contribution in [0.1, 0.15) is 21.5 Å². The van der Waals surface area contributed by atoms with Crippen LogP contribution in [-0.4, -0.2) is 24.5 Å². The predicted molar refractivity (Wildman–Crippen MR) is 101 cm³/mol. The first-order chi connectivity index (χ1) is 12.3. The fourth-order valence-corrected chi connectivity index (χ4v) is 4.44. The number of thiazole rings is 1. The van der Waals surface area contributed by atoms with E-state index < -0.39 is 16.0 Å². The summed E-state index contributed by atoms with van der Waals surface area (Å²) in [4.78, 5) is 15.3. The molecule has 0 radical (unpaired) electrons. The van der Waals surface area contributed by atoms with Gasteiger partial charge >= 0.3 is 5.97 Å². The molecule has 0 unspecified atom stereocenters. The highest BCUT2D eigenvalue weighted by atomic mass is 32.2. The molecule has 2 N–H and O–H groups in total. The molecule has 134 valence electrons. The van der Waals surface area contributed by atoms with Crippen molar-refractivity contribution in [2.45, 2.75) is 18.7 Å². The van der Waals surface area contributed by atoms with Crippen LogP contribution in [0.3, 0.4) is 0 Å². The monoisotopic (exact) mass is 388 g/mol. The number of carbonyl (C=O) groups is 1. The molecule has 3 rings (SSSR count). The van der Waals surface area contributed by atoms with Crippen LogP contribution in [0.25, 0.3) is 11.3 Å². The number of hydrogen-bond acceptors (Lipinski definition) is 5. The average molecular weight is 388 g/mol. The van der Waals surface area contributed by atoms with Crippen molar-refractivity contribution in [1.29, 1.82) is 0 Å². The highest BCUT2D eigenvalue weighted by Gasteiger charge is 2.18. The number of nitrogens with one attached hydrogen (secondary N) is 1. The summed E-state index contributed by atoms with van der Waals surface area (Å²) in [7, 11) is -3.92. The molecule has 1 heterocycles. The maximum atomic E-state index is 12.5. The van der Waals surface area contributed by atoms with Gasteiger partial charge in [-0.2, -0.15) is 0 Å². The van der Waals surface area contributed by atoms with E-state index in [-0.39, 0.29) is 15.6 Å². The minimum absolute atomic E-state index is 0.0944. The second-order valence-electron chi connectivity index (χ2n) is 5.79. The molecule has 0 saturated carbocycles. The standard InChI is InChI=1S/C18H16N2O4S2/c1-11-6-7-12(2)15(8-11)16-10-25-18(19-16)20-26(23,24)14-5-3-4-13(9-14)17(21)22/h3-10H,1-2H3,(H,19,20)(H,21,22). The van der Waals surface area contributed by atoms with E-state index in [9.17, 15) is 13.2 Å². The van der Waals surface area contributed by atoms with Crippen molar-refractivity contribution < 1.29 is 18.3 Å². The summed E-state index contributed by atoms with van der Waals surface area (Å²) in [5.74, 6) is -1.19. The lowest BCUT2D eigenvalue weighted by molar-refractivity contribution is 0.0696. The Morgan fingerprint density at radius 1 is 1.15 bits per heavy atom. The van der Waals surface area contributed by atoms with E-state index in [1.54, 1.807) is 5.38 Å². The smallest absolute Gasteiger partial charge is 0.335 e. The van der Waals surface area contributed by atoms with Gasteiger partial charge in [0.25, 0.3) is 10.0 Å². The molecule has 0 atom stereocenters. The van der Waals surface area contributed by atoms with E-state index in [2.05, 4.69) is 9.71 Å². The van der Waals surface area contributed by atoms with Crippen LogP contribution in [0.5, 0.6) is 0 Å². The third kappa shape index (κ3) is 3.76. The molecule has 2 aromatic carbocycles. The first-order valence-electron chi connectivity index (χ1n) is 7.65. The number of carboxylic acid groups (broad SMARTS) is 1. The van der Waals surface area contributed by atoms with Crippen LogP contribution >= 0.6 is 11.3 Å². The van der Waals surface area contributed by atoms with Crippen molar-refractivity contribution in [1.82, 2.24) is 4.98 Å². The Balaban J connectivity index is 1.90. The molecule has 0 aliphatic heterocycles. The molecule has 8 heteroatoms. The van der Waals surface area contributed by atoms with Gasteiger partial charge in [-0.15, -0.1) is 11.3 Å². The quantitative estimate of drug-likeness (QED) is 0.690. The summed E-state index contributed by atoms with van der Waals surface area (Å²) >= 11 is 1.17. The maximum absolute atomic E-state index is 12.5. The average Bonchev–Trinajstić information content (AvgIpc) is 3.04. The summed E-state index contributed by atoms with van der Waals surface area (Å²) in [5.41, 5.74) is 3.67. The van der Waals surface area contributed by atoms with E-state index in [1.807, 2.05) is 32.0 Å². The van der Waals surface area contributed by atoms with Crippen LogP contribution in [-0.2, 0) is 10.0 Å². The number of rotatable bonds is 5. The van der Waals surface area contributed by atoms with Crippen molar-refractivity contribution >= 4 is 32.5 Å². The summed E-state index contributed by atoms with van der Waals surface area (Å²) in [5, 5.41) is 11.0. The molecule has 0 amide bonds. The maximum Gasteiger partial charge on any atom is 0.335 e. The molecule has 0 aliphatic rings. The molecular formula is C18H16N2O4S2. The Bertz CT molecular complexity index is 1090. The molecule has 3 aromatic rings. The van der Waals surface area contributed by atoms with Gasteiger partial charge in [-0.05, 0) is 43.7 Å². The zero-order valence-electron chi connectivity index (χ0n) is 14.1. The molecule has 0 spiro atoms. The number of aromatic nitrogens is 1. The van der Waals surface area contributed by atoms with Crippen LogP contribution < -0.4 is 4.72 Å². The molecule has 26 heavy (non-hydrogen) atoms. The first kappa shape index (κ1) is 18.1. The van der Waals surface area contributed by atoms with Crippen LogP contribution in [0.2, 0.25) is 0 Å². The number of benzene rings is 2. The third-order valence-electron chi connectivity index (χ3n) is 3.79. The predicted octanol–water partition coefficient (Wildman–Crippen LogP) is 3.93. The lowest BCUT2D eigenvalue weighted by atomic mass is 10.0. The van der Waals surface area contributed by atoms with Crippen molar-refractivity contribution in [2.75, 3.05) is 4.72 Å². The zero-order chi connectivity index (χ0) is 18.9. The summed E-state index contributed by atoms with van der Waals surface area (Å²) in [6, 6.07) is 11.2. The van der Waals surface area contributed by atoms with Crippen LogP contribution in [0.4, 0.5) is 5.13 Å². The number of aromatic carboxylic acids is 1. The normalized spacial score (nSPS) is 11.3. The van der Waals surface area contributed by atoms with Crippen molar-refractivity contribution in [3.63, 3.8) is 0 Å². The molecule has 6 nitrogen and oxygen atoms in total.